The Labute approximate surface area is 391 Å². The summed E-state index contributed by atoms with van der Waals surface area (Å²) in [6.07, 6.45) is 6.83. The standard InChI is InChI=1S/C51H65FN8O5S/c1-28-29(2)41(28)46(61)55-43-45(58-25-51(26-58)16-15-32(52)20-51)47-54-39(24-66-47)31-11-14-40-36(19-31)37(21-50(4,5)27-65-49(63)38-10-8-18-59(56-38)48(43)62)44(35-9-7-17-53-42(35)30(3)64-6)60(40)34-22-57(23-34)33-12-13-33/h7,9,11,14,17,19,24,28-30,32-34,38,41,43,45,56H,8,10,12-13,15-16,18,20-23,25-27H2,1-6H3,(H,55,61)/t28-,29+,30-,32-,38-,41?,43-,45-/m0/s1. The Morgan fingerprint density at radius 1 is 1.06 bits per heavy atom. The van der Waals surface area contributed by atoms with E-state index < -0.39 is 35.7 Å². The first-order chi connectivity index (χ1) is 31.7. The number of esters is 1. The number of ether oxygens (including phenoxy) is 2. The van der Waals surface area contributed by atoms with Crippen molar-refractivity contribution in [3.05, 3.63) is 58.2 Å². The molecule has 1 aromatic carbocycles. The Bertz CT molecular complexity index is 2540. The monoisotopic (exact) mass is 920 g/mol. The molecular weight excluding hydrogens is 856 g/mol. The van der Waals surface area contributed by atoms with Crippen LogP contribution in [0.2, 0.25) is 0 Å². The third-order valence-electron chi connectivity index (χ3n) is 16.4. The maximum atomic E-state index is 15.1. The lowest BCUT2D eigenvalue weighted by molar-refractivity contribution is -0.156. The van der Waals surface area contributed by atoms with Crippen molar-refractivity contribution in [3.8, 4) is 22.5 Å². The van der Waals surface area contributed by atoms with Crippen molar-refractivity contribution in [2.45, 2.75) is 128 Å². The molecule has 66 heavy (non-hydrogen) atoms. The number of benzene rings is 1. The van der Waals surface area contributed by atoms with E-state index in [1.54, 1.807) is 7.11 Å². The summed E-state index contributed by atoms with van der Waals surface area (Å²) in [4.78, 5) is 58.6. The molecule has 4 aromatic rings. The third-order valence-corrected chi connectivity index (χ3v) is 17.4. The molecule has 3 aromatic heterocycles. The molecule has 8 atom stereocenters. The van der Waals surface area contributed by atoms with Gasteiger partial charge in [0, 0.05) is 90.8 Å². The zero-order chi connectivity index (χ0) is 45.8. The van der Waals surface area contributed by atoms with Gasteiger partial charge >= 0.3 is 5.97 Å². The number of rotatable bonds is 8. The highest BCUT2D eigenvalue weighted by Gasteiger charge is 2.55. The molecule has 352 valence electrons. The highest BCUT2D eigenvalue weighted by atomic mass is 32.1. The van der Waals surface area contributed by atoms with Gasteiger partial charge in [-0.05, 0) is 105 Å². The van der Waals surface area contributed by atoms with Crippen LogP contribution in [0.4, 0.5) is 4.39 Å². The SMILES string of the molecule is CO[C@@H](C)c1ncccc1-c1c2c3cc(ccc3n1C1CN(C3CC3)C1)-c1csc(n1)[C@@H](N1CC3(CC[C@H](F)C3)C1)[C@H](NC(=O)C1[C@@H](C)[C@H]1C)C(=O)N1CCC[C@H](N1)C(=O)OCC(C)(C)C2. The van der Waals surface area contributed by atoms with Crippen LogP contribution < -0.4 is 10.7 Å². The maximum Gasteiger partial charge on any atom is 0.324 e. The van der Waals surface area contributed by atoms with Crippen molar-refractivity contribution < 1.29 is 28.2 Å². The second-order valence-electron chi connectivity index (χ2n) is 21.8. The minimum absolute atomic E-state index is 0.144. The molecule has 2 amide bonds. The van der Waals surface area contributed by atoms with Gasteiger partial charge in [0.2, 0.25) is 5.91 Å². The maximum absolute atomic E-state index is 15.1. The first-order valence-corrected chi connectivity index (χ1v) is 25.4. The molecule has 3 aliphatic carbocycles. The first-order valence-electron chi connectivity index (χ1n) is 24.5. The first kappa shape index (κ1) is 44.2. The Hall–Kier alpha value is -4.28. The largest absolute Gasteiger partial charge is 0.464 e. The minimum atomic E-state index is -0.997. The van der Waals surface area contributed by atoms with E-state index in [0.29, 0.717) is 57.8 Å². The van der Waals surface area contributed by atoms with Gasteiger partial charge in [0.25, 0.3) is 5.91 Å². The van der Waals surface area contributed by atoms with E-state index in [2.05, 4.69) is 82.4 Å². The summed E-state index contributed by atoms with van der Waals surface area (Å²) < 4.78 is 29.6. The fraction of sp³-hybridized carbons (Fsp3) is 0.627. The lowest BCUT2D eigenvalue weighted by Gasteiger charge is -2.53. The number of hydrogen-bond acceptors (Lipinski definition) is 11. The fourth-order valence-corrected chi connectivity index (χ4v) is 13.2. The van der Waals surface area contributed by atoms with Crippen LogP contribution in [-0.2, 0) is 30.3 Å². The molecule has 3 saturated heterocycles. The molecule has 7 heterocycles. The molecule has 6 fully saturated rings. The smallest absolute Gasteiger partial charge is 0.324 e. The van der Waals surface area contributed by atoms with Crippen molar-refractivity contribution in [1.82, 2.24) is 40.1 Å². The van der Waals surface area contributed by atoms with E-state index in [1.165, 1.54) is 29.2 Å². The lowest BCUT2D eigenvalue weighted by atomic mass is 9.76. The van der Waals surface area contributed by atoms with Crippen LogP contribution in [0.5, 0.6) is 0 Å². The highest BCUT2D eigenvalue weighted by molar-refractivity contribution is 7.10. The molecule has 4 aliphatic heterocycles. The quantitative estimate of drug-likeness (QED) is 0.172. The molecule has 15 heteroatoms. The zero-order valence-electron chi connectivity index (χ0n) is 39.2. The second kappa shape index (κ2) is 16.7. The molecule has 11 rings (SSSR count). The molecule has 2 N–H and O–H groups in total. The van der Waals surface area contributed by atoms with Crippen molar-refractivity contribution in [1.29, 1.82) is 0 Å². The van der Waals surface area contributed by atoms with Crippen LogP contribution >= 0.6 is 11.3 Å². The summed E-state index contributed by atoms with van der Waals surface area (Å²) in [5.41, 5.74) is 9.70. The summed E-state index contributed by atoms with van der Waals surface area (Å²) in [6.45, 7) is 14.2. The number of methoxy groups -OCH3 is 1. The van der Waals surface area contributed by atoms with Crippen LogP contribution in [-0.4, -0.2) is 118 Å². The number of nitrogens with zero attached hydrogens (tertiary/aromatic N) is 6. The van der Waals surface area contributed by atoms with E-state index in [1.807, 2.05) is 19.2 Å². The van der Waals surface area contributed by atoms with E-state index >= 15 is 4.79 Å². The Kier molecular flexibility index (Phi) is 11.2. The zero-order valence-corrected chi connectivity index (χ0v) is 40.0. The summed E-state index contributed by atoms with van der Waals surface area (Å²) >= 11 is 1.50. The van der Waals surface area contributed by atoms with Gasteiger partial charge < -0.3 is 19.4 Å². The van der Waals surface area contributed by atoms with Gasteiger partial charge in [0.1, 0.15) is 23.3 Å². The number of halogens is 1. The molecule has 13 nitrogen and oxygen atoms in total. The summed E-state index contributed by atoms with van der Waals surface area (Å²) in [5.74, 6) is -0.642. The molecule has 0 radical (unpaired) electrons. The van der Waals surface area contributed by atoms with E-state index in [-0.39, 0.29) is 53.7 Å². The molecule has 3 saturated carbocycles. The van der Waals surface area contributed by atoms with Gasteiger partial charge in [-0.15, -0.1) is 11.3 Å². The number of nitrogens with one attached hydrogen (secondary N) is 2. The normalized spacial score (nSPS) is 30.7. The summed E-state index contributed by atoms with van der Waals surface area (Å²) in [5, 5.41) is 8.71. The number of aromatic nitrogens is 3. The topological polar surface area (TPSA) is 134 Å². The highest BCUT2D eigenvalue weighted by Crippen LogP contribution is 2.52. The van der Waals surface area contributed by atoms with Crippen molar-refractivity contribution in [2.24, 2.45) is 28.6 Å². The second-order valence-corrected chi connectivity index (χ2v) is 22.7. The number of carbonyl (C=O) groups excluding carboxylic acids is 3. The number of pyridine rings is 1. The number of amides is 2. The van der Waals surface area contributed by atoms with Gasteiger partial charge in [-0.3, -0.25) is 34.2 Å². The summed E-state index contributed by atoms with van der Waals surface area (Å²) in [7, 11) is 1.73. The number of hydrazine groups is 1. The Balaban J connectivity index is 1.07. The number of hydrogen-bond donors (Lipinski definition) is 2. The van der Waals surface area contributed by atoms with Crippen molar-refractivity contribution in [2.75, 3.05) is 46.4 Å². The van der Waals surface area contributed by atoms with Crippen molar-refractivity contribution in [3.63, 3.8) is 0 Å². The van der Waals surface area contributed by atoms with Crippen LogP contribution in [0.3, 0.4) is 0 Å². The summed E-state index contributed by atoms with van der Waals surface area (Å²) in [6, 6.07) is 9.44. The Morgan fingerprint density at radius 2 is 1.85 bits per heavy atom. The van der Waals surface area contributed by atoms with Gasteiger partial charge in [0.15, 0.2) is 0 Å². The van der Waals surface area contributed by atoms with Crippen LogP contribution in [0.1, 0.15) is 114 Å². The minimum Gasteiger partial charge on any atom is -0.464 e. The molecule has 1 unspecified atom stereocenters. The lowest BCUT2D eigenvalue weighted by Crippen LogP contribution is -2.65. The Morgan fingerprint density at radius 3 is 2.56 bits per heavy atom. The average molecular weight is 921 g/mol. The van der Waals surface area contributed by atoms with Gasteiger partial charge in [-0.1, -0.05) is 33.8 Å². The molecular formula is C51H65FN8O5S. The predicted molar refractivity (Wildman–Crippen MR) is 251 cm³/mol. The number of likely N-dealkylation sites (tertiary alicyclic amines) is 2. The number of alkyl halides is 1. The van der Waals surface area contributed by atoms with E-state index in [0.717, 1.165) is 69.2 Å². The van der Waals surface area contributed by atoms with Gasteiger partial charge in [-0.2, -0.15) is 0 Å². The van der Waals surface area contributed by atoms with Crippen LogP contribution in [0.15, 0.2) is 41.9 Å². The number of fused-ring (bicyclic) bond motifs is 6. The number of carbonyl (C=O) groups is 3. The van der Waals surface area contributed by atoms with Crippen LogP contribution in [0.25, 0.3) is 33.4 Å². The van der Waals surface area contributed by atoms with Gasteiger partial charge in [-0.25, -0.2) is 14.8 Å². The third kappa shape index (κ3) is 7.87. The van der Waals surface area contributed by atoms with E-state index in [4.69, 9.17) is 19.4 Å². The fourth-order valence-electron chi connectivity index (χ4n) is 12.2. The average Bonchev–Trinajstić information content (AvgIpc) is 4.04. The molecule has 7 aliphatic rings. The molecule has 6 bridgehead atoms. The molecule has 1 spiro atoms. The van der Waals surface area contributed by atoms with Gasteiger partial charge in [0.05, 0.1) is 41.9 Å². The van der Waals surface area contributed by atoms with Crippen LogP contribution in [0, 0.1) is 28.6 Å². The van der Waals surface area contributed by atoms with E-state index in [9.17, 15) is 14.0 Å². The predicted octanol–water partition coefficient (Wildman–Crippen LogP) is 7.43. The number of thiazole rings is 1. The van der Waals surface area contributed by atoms with Crippen molar-refractivity contribution >= 4 is 40.0 Å². The number of cyclic esters (lactones) is 1.